The summed E-state index contributed by atoms with van der Waals surface area (Å²) in [5.74, 6) is -1.24. The second kappa shape index (κ2) is 7.37. The summed E-state index contributed by atoms with van der Waals surface area (Å²) in [6.07, 6.45) is -5.88. The van der Waals surface area contributed by atoms with E-state index in [4.69, 9.17) is 4.52 Å². The van der Waals surface area contributed by atoms with E-state index in [-0.39, 0.29) is 6.07 Å². The van der Waals surface area contributed by atoms with Crippen LogP contribution in [0.5, 0.6) is 5.75 Å². The van der Waals surface area contributed by atoms with Crippen molar-refractivity contribution in [2.75, 3.05) is 11.6 Å². The van der Waals surface area contributed by atoms with E-state index in [1.165, 1.54) is 6.92 Å². The molecular weight excluding hydrogens is 356 g/mol. The maximum absolute atomic E-state index is 12.7. The number of benzene rings is 1. The molecule has 1 rings (SSSR count). The number of phenolic OH excluding ortho intramolecular Hbond substituents is 1. The van der Waals surface area contributed by atoms with Crippen LogP contribution < -0.4 is 5.32 Å². The molecule has 0 radical (unpaired) electrons. The predicted molar refractivity (Wildman–Crippen MR) is 78.9 cm³/mol. The van der Waals surface area contributed by atoms with Crippen LogP contribution in [0.25, 0.3) is 0 Å². The van der Waals surface area contributed by atoms with Gasteiger partial charge in [-0.05, 0) is 13.3 Å². The van der Waals surface area contributed by atoms with Crippen molar-refractivity contribution < 1.29 is 37.2 Å². The van der Waals surface area contributed by atoms with Gasteiger partial charge < -0.3 is 19.8 Å². The lowest BCUT2D eigenvalue weighted by Gasteiger charge is -2.18. The van der Waals surface area contributed by atoms with Crippen LogP contribution >= 0.6 is 7.60 Å². The molecule has 3 N–H and O–H groups in total. The van der Waals surface area contributed by atoms with Crippen molar-refractivity contribution in [1.82, 2.24) is 0 Å². The molecule has 1 aromatic rings. The lowest BCUT2D eigenvalue weighted by Crippen LogP contribution is -2.12. The highest BCUT2D eigenvalue weighted by Gasteiger charge is 2.37. The Hall–Kier alpha value is -1.84. The standard InChI is InChI=1S/C12H16F3N2O6P/c1-3-7(2)23-24(21,22)6-16-9-5-11(18)8(12(13,14)15)4-10(9)17(19)20/h4-5,7,16,18H,3,6H2,1-2H3,(H,21,22). The summed E-state index contributed by atoms with van der Waals surface area (Å²) in [4.78, 5) is 19.4. The topological polar surface area (TPSA) is 122 Å². The number of hydrogen-bond acceptors (Lipinski definition) is 6. The molecule has 0 aliphatic rings. The van der Waals surface area contributed by atoms with Crippen LogP contribution in [0.2, 0.25) is 0 Å². The highest BCUT2D eigenvalue weighted by Crippen LogP contribution is 2.45. The molecule has 12 heteroatoms. The third-order valence-corrected chi connectivity index (χ3v) is 4.25. The molecule has 0 bridgehead atoms. The van der Waals surface area contributed by atoms with Crippen LogP contribution in [-0.2, 0) is 15.3 Å². The lowest BCUT2D eigenvalue weighted by atomic mass is 10.1. The van der Waals surface area contributed by atoms with Crippen molar-refractivity contribution in [2.24, 2.45) is 0 Å². The summed E-state index contributed by atoms with van der Waals surface area (Å²) in [7, 11) is -4.18. The average molecular weight is 372 g/mol. The third-order valence-electron chi connectivity index (χ3n) is 3.01. The number of rotatable bonds is 7. The first-order chi connectivity index (χ1) is 10.9. The second-order valence-electron chi connectivity index (χ2n) is 4.94. The van der Waals surface area contributed by atoms with Crippen LogP contribution in [0.1, 0.15) is 25.8 Å². The Kier molecular flexibility index (Phi) is 6.20. The van der Waals surface area contributed by atoms with Gasteiger partial charge in [0, 0.05) is 12.1 Å². The number of nitrogens with zero attached hydrogens (tertiary/aromatic N) is 1. The zero-order valence-electron chi connectivity index (χ0n) is 12.7. The van der Waals surface area contributed by atoms with Crippen LogP contribution in [0.4, 0.5) is 24.5 Å². The van der Waals surface area contributed by atoms with Crippen molar-refractivity contribution in [1.29, 1.82) is 0 Å². The summed E-state index contributed by atoms with van der Waals surface area (Å²) in [5.41, 5.74) is -3.11. The Morgan fingerprint density at radius 2 is 2.04 bits per heavy atom. The van der Waals surface area contributed by atoms with Crippen LogP contribution in [-0.4, -0.2) is 27.3 Å². The van der Waals surface area contributed by atoms with Crippen molar-refractivity contribution in [3.8, 4) is 5.75 Å². The summed E-state index contributed by atoms with van der Waals surface area (Å²) in [6, 6.07) is 0.625. The molecule has 0 amide bonds. The van der Waals surface area contributed by atoms with E-state index in [1.54, 1.807) is 6.92 Å². The minimum Gasteiger partial charge on any atom is -0.507 e. The third kappa shape index (κ3) is 5.36. The molecule has 0 spiro atoms. The largest absolute Gasteiger partial charge is 0.507 e. The molecule has 0 aliphatic carbocycles. The maximum atomic E-state index is 12.7. The van der Waals surface area contributed by atoms with Gasteiger partial charge in [-0.15, -0.1) is 0 Å². The Morgan fingerprint density at radius 3 is 2.50 bits per heavy atom. The number of hydrogen-bond donors (Lipinski definition) is 3. The summed E-state index contributed by atoms with van der Waals surface area (Å²) >= 11 is 0. The Balaban J connectivity index is 3.10. The highest BCUT2D eigenvalue weighted by molar-refractivity contribution is 7.52. The molecule has 0 saturated carbocycles. The normalized spacial score (nSPS) is 15.6. The number of nitro groups is 1. The molecule has 0 aliphatic heterocycles. The first-order valence-electron chi connectivity index (χ1n) is 6.70. The molecule has 0 fully saturated rings. The molecule has 0 aromatic heterocycles. The van der Waals surface area contributed by atoms with Crippen LogP contribution in [0.15, 0.2) is 12.1 Å². The Bertz CT molecular complexity index is 667. The van der Waals surface area contributed by atoms with E-state index < -0.39 is 53.8 Å². The number of anilines is 1. The average Bonchev–Trinajstić information content (AvgIpc) is 2.42. The number of nitro benzene ring substituents is 1. The van der Waals surface area contributed by atoms with Gasteiger partial charge >= 0.3 is 13.8 Å². The van der Waals surface area contributed by atoms with Crippen molar-refractivity contribution in [3.05, 3.63) is 27.8 Å². The van der Waals surface area contributed by atoms with Gasteiger partial charge in [0.1, 0.15) is 23.3 Å². The monoisotopic (exact) mass is 372 g/mol. The molecule has 8 nitrogen and oxygen atoms in total. The fraction of sp³-hybridized carbons (Fsp3) is 0.500. The summed E-state index contributed by atoms with van der Waals surface area (Å²) in [6.45, 7) is 3.24. The molecule has 2 atom stereocenters. The molecule has 24 heavy (non-hydrogen) atoms. The van der Waals surface area contributed by atoms with Gasteiger partial charge in [0.15, 0.2) is 0 Å². The van der Waals surface area contributed by atoms with Crippen molar-refractivity contribution in [2.45, 2.75) is 32.5 Å². The SMILES string of the molecule is CCC(C)OP(=O)(O)CNc1cc(O)c(C(F)(F)F)cc1[N+](=O)[O-]. The maximum Gasteiger partial charge on any atom is 0.420 e. The number of aromatic hydroxyl groups is 1. The summed E-state index contributed by atoms with van der Waals surface area (Å²) < 4.78 is 54.7. The van der Waals surface area contributed by atoms with Gasteiger partial charge in [0.2, 0.25) is 0 Å². The molecule has 136 valence electrons. The number of nitrogens with one attached hydrogen (secondary N) is 1. The molecule has 2 unspecified atom stereocenters. The van der Waals surface area contributed by atoms with E-state index in [0.717, 1.165) is 0 Å². The first-order valence-corrected chi connectivity index (χ1v) is 8.46. The lowest BCUT2D eigenvalue weighted by molar-refractivity contribution is -0.384. The molecular formula is C12H16F3N2O6P. The minimum absolute atomic E-state index is 0.148. The van der Waals surface area contributed by atoms with Crippen LogP contribution in [0, 0.1) is 10.1 Å². The van der Waals surface area contributed by atoms with E-state index in [0.29, 0.717) is 12.5 Å². The van der Waals surface area contributed by atoms with Gasteiger partial charge in [-0.1, -0.05) is 6.92 Å². The van der Waals surface area contributed by atoms with E-state index in [1.807, 2.05) is 0 Å². The highest BCUT2D eigenvalue weighted by atomic mass is 31.2. The number of alkyl halides is 3. The number of phenols is 1. The molecule has 1 aromatic carbocycles. The number of halogens is 3. The second-order valence-corrected chi connectivity index (χ2v) is 6.74. The smallest absolute Gasteiger partial charge is 0.420 e. The molecule has 0 heterocycles. The Labute approximate surface area is 134 Å². The predicted octanol–water partition coefficient (Wildman–Crippen LogP) is 3.69. The van der Waals surface area contributed by atoms with Gasteiger partial charge in [-0.3, -0.25) is 14.7 Å². The van der Waals surface area contributed by atoms with E-state index in [9.17, 15) is 37.9 Å². The van der Waals surface area contributed by atoms with Gasteiger partial charge in [-0.25, -0.2) is 0 Å². The Morgan fingerprint density at radius 1 is 1.46 bits per heavy atom. The molecule has 0 saturated heterocycles. The van der Waals surface area contributed by atoms with Crippen LogP contribution in [0.3, 0.4) is 0 Å². The summed E-state index contributed by atoms with van der Waals surface area (Å²) in [5, 5.41) is 22.5. The van der Waals surface area contributed by atoms with Gasteiger partial charge in [0.05, 0.1) is 11.0 Å². The van der Waals surface area contributed by atoms with Crippen molar-refractivity contribution >= 4 is 19.0 Å². The fourth-order valence-electron chi connectivity index (χ4n) is 1.67. The van der Waals surface area contributed by atoms with E-state index >= 15 is 0 Å². The van der Waals surface area contributed by atoms with Gasteiger partial charge in [-0.2, -0.15) is 13.2 Å². The quantitative estimate of drug-likeness (QED) is 0.379. The zero-order valence-corrected chi connectivity index (χ0v) is 13.6. The van der Waals surface area contributed by atoms with Crippen molar-refractivity contribution in [3.63, 3.8) is 0 Å². The van der Waals surface area contributed by atoms with E-state index in [2.05, 4.69) is 5.32 Å². The minimum atomic E-state index is -4.99. The fourth-order valence-corrected chi connectivity index (χ4v) is 2.83. The first kappa shape index (κ1) is 20.2. The zero-order chi connectivity index (χ0) is 18.7. The van der Waals surface area contributed by atoms with Gasteiger partial charge in [0.25, 0.3) is 5.69 Å².